The largest absolute Gasteiger partial charge is 0.483 e. The van der Waals surface area contributed by atoms with E-state index in [1.807, 2.05) is 43.3 Å². The number of nitrogens with one attached hydrogen (secondary N) is 1. The van der Waals surface area contributed by atoms with Crippen LogP contribution >= 0.6 is 0 Å². The van der Waals surface area contributed by atoms with Crippen molar-refractivity contribution in [3.8, 4) is 5.75 Å². The predicted molar refractivity (Wildman–Crippen MR) is 147 cm³/mol. The second kappa shape index (κ2) is 10.3. The average Bonchev–Trinajstić information content (AvgIpc) is 3.73. The van der Waals surface area contributed by atoms with Gasteiger partial charge in [-0.3, -0.25) is 9.59 Å². The predicted octanol–water partition coefficient (Wildman–Crippen LogP) is 6.64. The zero-order valence-electron chi connectivity index (χ0n) is 22.0. The first-order valence-corrected chi connectivity index (χ1v) is 13.0. The fourth-order valence-electron chi connectivity index (χ4n) is 5.00. The summed E-state index contributed by atoms with van der Waals surface area (Å²) in [4.78, 5) is 24.2. The molecule has 0 radical (unpaired) electrons. The molecule has 1 aliphatic carbocycles. The molecule has 1 fully saturated rings. The summed E-state index contributed by atoms with van der Waals surface area (Å²) in [7, 11) is 0. The number of aryl methyl sites for hydroxylation is 1. The summed E-state index contributed by atoms with van der Waals surface area (Å²) in [6.45, 7) is 8.66. The first-order valence-electron chi connectivity index (χ1n) is 13.0. The number of fused-ring (bicyclic) bond motifs is 1. The molecule has 1 saturated carbocycles. The third kappa shape index (κ3) is 5.31. The molecule has 1 amide bonds. The maximum Gasteiger partial charge on any atom is 0.251 e. The van der Waals surface area contributed by atoms with Crippen LogP contribution in [0, 0.1) is 13.8 Å². The van der Waals surface area contributed by atoms with E-state index in [2.05, 4.69) is 54.1 Å². The Morgan fingerprint density at radius 1 is 1.05 bits per heavy atom. The monoisotopic (exact) mass is 494 g/mol. The van der Waals surface area contributed by atoms with E-state index in [0.717, 1.165) is 39.6 Å². The van der Waals surface area contributed by atoms with Crippen LogP contribution in [0.25, 0.3) is 10.9 Å². The van der Waals surface area contributed by atoms with Gasteiger partial charge in [-0.05, 0) is 99.0 Å². The van der Waals surface area contributed by atoms with Gasteiger partial charge in [-0.15, -0.1) is 0 Å². The van der Waals surface area contributed by atoms with Gasteiger partial charge < -0.3 is 14.6 Å². The first-order chi connectivity index (χ1) is 17.8. The van der Waals surface area contributed by atoms with Crippen molar-refractivity contribution < 1.29 is 14.3 Å². The number of ether oxygens (including phenoxy) is 1. The van der Waals surface area contributed by atoms with E-state index in [4.69, 9.17) is 4.74 Å². The Morgan fingerprint density at radius 2 is 1.84 bits per heavy atom. The fraction of sp³-hybridized carbons (Fsp3) is 0.312. The van der Waals surface area contributed by atoms with Crippen molar-refractivity contribution >= 4 is 23.1 Å². The zero-order valence-corrected chi connectivity index (χ0v) is 22.0. The lowest BCUT2D eigenvalue weighted by atomic mass is 10.0. The van der Waals surface area contributed by atoms with Gasteiger partial charge in [0.1, 0.15) is 5.75 Å². The Balaban J connectivity index is 1.36. The normalized spacial score (nSPS) is 14.8. The molecule has 3 aromatic carbocycles. The van der Waals surface area contributed by atoms with Gasteiger partial charge in [-0.2, -0.15) is 0 Å². The fourth-order valence-corrected chi connectivity index (χ4v) is 5.00. The number of hydrogen-bond donors (Lipinski definition) is 1. The first kappa shape index (κ1) is 24.8. The Morgan fingerprint density at radius 3 is 2.59 bits per heavy atom. The van der Waals surface area contributed by atoms with Crippen LogP contribution in [-0.2, 0) is 11.3 Å². The molecular formula is C32H34N2O3. The van der Waals surface area contributed by atoms with Crippen molar-refractivity contribution in [2.45, 2.75) is 65.1 Å². The minimum atomic E-state index is -0.485. The molecule has 190 valence electrons. The highest BCUT2D eigenvalue weighted by Crippen LogP contribution is 2.40. The summed E-state index contributed by atoms with van der Waals surface area (Å²) >= 11 is 0. The number of rotatable bonds is 9. The molecule has 0 bridgehead atoms. The summed E-state index contributed by atoms with van der Waals surface area (Å²) in [6, 6.07) is 22.3. The van der Waals surface area contributed by atoms with Crippen molar-refractivity contribution in [3.05, 3.63) is 100 Å². The molecule has 37 heavy (non-hydrogen) atoms. The van der Waals surface area contributed by atoms with Gasteiger partial charge in [0.25, 0.3) is 5.91 Å². The van der Waals surface area contributed by atoms with Crippen LogP contribution in [-0.4, -0.2) is 22.9 Å². The van der Waals surface area contributed by atoms with Crippen LogP contribution in [0.3, 0.4) is 0 Å². The van der Waals surface area contributed by atoms with Crippen molar-refractivity contribution in [3.63, 3.8) is 0 Å². The third-order valence-electron chi connectivity index (χ3n) is 7.46. The SMILES string of the molecule is Cc1c(C)n(Cc2cccc(O[C@@H](C)C=O)c2)c2ccc(C(=O)N[C@@H](C)c3cccc(C4CC4)c3)cc12. The highest BCUT2D eigenvalue weighted by Gasteiger charge is 2.24. The van der Waals surface area contributed by atoms with E-state index in [9.17, 15) is 9.59 Å². The lowest BCUT2D eigenvalue weighted by molar-refractivity contribution is -0.113. The van der Waals surface area contributed by atoms with Crippen molar-refractivity contribution in [2.24, 2.45) is 0 Å². The molecule has 1 aliphatic rings. The molecule has 1 heterocycles. The maximum atomic E-state index is 13.2. The molecule has 1 aromatic heterocycles. The summed E-state index contributed by atoms with van der Waals surface area (Å²) in [5, 5.41) is 4.27. The van der Waals surface area contributed by atoms with Gasteiger partial charge in [0, 0.05) is 28.7 Å². The van der Waals surface area contributed by atoms with Gasteiger partial charge in [0.2, 0.25) is 0 Å². The van der Waals surface area contributed by atoms with Gasteiger partial charge in [-0.25, -0.2) is 0 Å². The van der Waals surface area contributed by atoms with Crippen molar-refractivity contribution in [1.29, 1.82) is 0 Å². The zero-order chi connectivity index (χ0) is 26.1. The quantitative estimate of drug-likeness (QED) is 0.265. The molecule has 5 nitrogen and oxygen atoms in total. The van der Waals surface area contributed by atoms with Crippen LogP contribution in [0.4, 0.5) is 0 Å². The number of amides is 1. The lowest BCUT2D eigenvalue weighted by Gasteiger charge is -2.16. The Kier molecular flexibility index (Phi) is 6.88. The molecule has 0 unspecified atom stereocenters. The van der Waals surface area contributed by atoms with Gasteiger partial charge in [0.15, 0.2) is 12.4 Å². The molecule has 0 spiro atoms. The molecule has 5 heteroatoms. The molecule has 1 N–H and O–H groups in total. The summed E-state index contributed by atoms with van der Waals surface area (Å²) in [5.74, 6) is 1.30. The average molecular weight is 495 g/mol. The number of nitrogens with zero attached hydrogens (tertiary/aromatic N) is 1. The third-order valence-corrected chi connectivity index (χ3v) is 7.46. The molecule has 0 saturated heterocycles. The van der Waals surface area contributed by atoms with Crippen LogP contribution in [0.5, 0.6) is 5.75 Å². The van der Waals surface area contributed by atoms with Crippen molar-refractivity contribution in [2.75, 3.05) is 0 Å². The molecule has 0 aliphatic heterocycles. The lowest BCUT2D eigenvalue weighted by Crippen LogP contribution is -2.26. The maximum absolute atomic E-state index is 13.2. The van der Waals surface area contributed by atoms with E-state index in [1.165, 1.54) is 18.4 Å². The summed E-state index contributed by atoms with van der Waals surface area (Å²) < 4.78 is 7.93. The second-order valence-corrected chi connectivity index (χ2v) is 10.3. The van der Waals surface area contributed by atoms with E-state index in [0.29, 0.717) is 23.8 Å². The Hall–Kier alpha value is -3.86. The summed E-state index contributed by atoms with van der Waals surface area (Å²) in [6.07, 6.45) is 2.84. The molecule has 5 rings (SSSR count). The van der Waals surface area contributed by atoms with Gasteiger partial charge in [0.05, 0.1) is 6.04 Å². The van der Waals surface area contributed by atoms with Crippen LogP contribution in [0.2, 0.25) is 0 Å². The Labute approximate surface area is 218 Å². The molecular weight excluding hydrogens is 460 g/mol. The number of benzene rings is 3. The topological polar surface area (TPSA) is 60.3 Å². The van der Waals surface area contributed by atoms with Gasteiger partial charge >= 0.3 is 0 Å². The van der Waals surface area contributed by atoms with Crippen LogP contribution < -0.4 is 10.1 Å². The minimum absolute atomic E-state index is 0.0641. The highest BCUT2D eigenvalue weighted by atomic mass is 16.5. The van der Waals surface area contributed by atoms with E-state index >= 15 is 0 Å². The van der Waals surface area contributed by atoms with E-state index in [1.54, 1.807) is 6.92 Å². The Bertz CT molecular complexity index is 1460. The second-order valence-electron chi connectivity index (χ2n) is 10.3. The van der Waals surface area contributed by atoms with Crippen LogP contribution in [0.15, 0.2) is 66.7 Å². The van der Waals surface area contributed by atoms with Crippen LogP contribution in [0.1, 0.15) is 77.0 Å². The number of carbonyl (C=O) groups excluding carboxylic acids is 2. The molecule has 4 aromatic rings. The van der Waals surface area contributed by atoms with Crippen molar-refractivity contribution in [1.82, 2.24) is 9.88 Å². The molecule has 2 atom stereocenters. The highest BCUT2D eigenvalue weighted by molar-refractivity contribution is 5.99. The smallest absolute Gasteiger partial charge is 0.251 e. The number of aromatic nitrogens is 1. The summed E-state index contributed by atoms with van der Waals surface area (Å²) in [5.41, 5.74) is 7.68. The van der Waals surface area contributed by atoms with E-state index < -0.39 is 6.10 Å². The number of hydrogen-bond acceptors (Lipinski definition) is 3. The standard InChI is InChI=1S/C32H34N2O3/c1-20(19-35)37-29-10-5-7-24(15-29)18-34-23(4)21(2)30-17-28(13-14-31(30)34)32(36)33-22(3)26-8-6-9-27(16-26)25-11-12-25/h5-10,13-17,19-20,22,25H,11-12,18H2,1-4H3,(H,33,36)/t20-,22-/m0/s1. The number of aldehydes is 1. The minimum Gasteiger partial charge on any atom is -0.483 e. The van der Waals surface area contributed by atoms with Gasteiger partial charge in [-0.1, -0.05) is 36.4 Å². The van der Waals surface area contributed by atoms with E-state index in [-0.39, 0.29) is 11.9 Å². The number of carbonyl (C=O) groups is 2.